The molecule has 2 aromatic rings. The molecule has 2 aromatic carbocycles. The number of carboxylic acid groups (broad SMARTS) is 1. The Bertz CT molecular complexity index is 955. The number of hydrogen-bond acceptors (Lipinski definition) is 4. The number of aromatic carboxylic acids is 1. The topological polar surface area (TPSA) is 72.8 Å². The first-order valence-corrected chi connectivity index (χ1v) is 11.2. The van der Waals surface area contributed by atoms with Gasteiger partial charge in [-0.2, -0.15) is 0 Å². The normalized spacial score (nSPS) is 11.2. The van der Waals surface area contributed by atoms with Crippen molar-refractivity contribution in [1.29, 1.82) is 0 Å². The number of hydrogen-bond donors (Lipinski definition) is 1. The Labute approximate surface area is 191 Å². The maximum atomic E-state index is 12.7. The number of carbonyl (C=O) groups excluding carboxylic acids is 1. The van der Waals surface area contributed by atoms with Gasteiger partial charge in [0, 0.05) is 16.7 Å². The third-order valence-electron chi connectivity index (χ3n) is 5.13. The molecule has 0 bridgehead atoms. The maximum absolute atomic E-state index is 12.7. The number of aryl methyl sites for hydroxylation is 1. The Morgan fingerprint density at radius 1 is 1.06 bits per heavy atom. The number of allylic oxidation sites excluding steroid dienone is 1. The molecule has 0 heterocycles. The summed E-state index contributed by atoms with van der Waals surface area (Å²) in [5, 5.41) is 9.54. The van der Waals surface area contributed by atoms with Gasteiger partial charge in [0.25, 0.3) is 0 Å². The third-order valence-corrected chi connectivity index (χ3v) is 5.13. The predicted molar refractivity (Wildman–Crippen MR) is 128 cm³/mol. The van der Waals surface area contributed by atoms with E-state index in [1.54, 1.807) is 38.1 Å². The van der Waals surface area contributed by atoms with E-state index in [0.717, 1.165) is 18.6 Å². The van der Waals surface area contributed by atoms with Crippen molar-refractivity contribution in [2.75, 3.05) is 6.61 Å². The van der Waals surface area contributed by atoms with Crippen LogP contribution >= 0.6 is 0 Å². The number of rotatable bonds is 12. The van der Waals surface area contributed by atoms with Crippen molar-refractivity contribution in [3.8, 4) is 11.5 Å². The van der Waals surface area contributed by atoms with Gasteiger partial charge >= 0.3 is 5.97 Å². The molecule has 0 aliphatic rings. The van der Waals surface area contributed by atoms with Gasteiger partial charge in [0.1, 0.15) is 11.5 Å². The van der Waals surface area contributed by atoms with Crippen LogP contribution in [0.5, 0.6) is 11.5 Å². The van der Waals surface area contributed by atoms with Crippen LogP contribution in [0.3, 0.4) is 0 Å². The summed E-state index contributed by atoms with van der Waals surface area (Å²) in [6.07, 6.45) is 7.63. The molecule has 1 N–H and O–H groups in total. The Balaban J connectivity index is 2.16. The van der Waals surface area contributed by atoms with Crippen LogP contribution in [0.1, 0.15) is 83.9 Å². The van der Waals surface area contributed by atoms with Crippen molar-refractivity contribution >= 4 is 17.8 Å². The molecule has 2 rings (SSSR count). The fourth-order valence-electron chi connectivity index (χ4n) is 3.54. The molecule has 0 atom stereocenters. The van der Waals surface area contributed by atoms with E-state index in [0.29, 0.717) is 34.6 Å². The standard InChI is InChI=1S/C27H34O5/c1-6-7-8-9-16-31-23-13-10-21(11-14-23)24(28)15-12-22-17-19(4)25(27(29)30)20(5)26(22)32-18(2)3/h10-15,17-18H,6-9,16H2,1-5H3,(H,29,30)/b15-12+. The lowest BCUT2D eigenvalue weighted by Crippen LogP contribution is -2.12. The molecule has 0 aliphatic heterocycles. The lowest BCUT2D eigenvalue weighted by atomic mass is 9.97. The molecule has 5 nitrogen and oxygen atoms in total. The summed E-state index contributed by atoms with van der Waals surface area (Å²) in [5.41, 5.74) is 2.65. The predicted octanol–water partition coefficient (Wildman–Crippen LogP) is 6.64. The summed E-state index contributed by atoms with van der Waals surface area (Å²) in [6.45, 7) is 10.1. The highest BCUT2D eigenvalue weighted by Crippen LogP contribution is 2.32. The van der Waals surface area contributed by atoms with Gasteiger partial charge in [-0.3, -0.25) is 4.79 Å². The van der Waals surface area contributed by atoms with Crippen LogP contribution in [0.25, 0.3) is 6.08 Å². The minimum Gasteiger partial charge on any atom is -0.494 e. The average Bonchev–Trinajstić information content (AvgIpc) is 2.74. The molecule has 0 saturated heterocycles. The molecule has 0 aromatic heterocycles. The summed E-state index contributed by atoms with van der Waals surface area (Å²) in [7, 11) is 0. The van der Waals surface area contributed by atoms with Crippen LogP contribution in [-0.2, 0) is 0 Å². The number of unbranched alkanes of at least 4 members (excludes halogenated alkanes) is 3. The average molecular weight is 439 g/mol. The van der Waals surface area contributed by atoms with E-state index < -0.39 is 5.97 Å². The van der Waals surface area contributed by atoms with Gasteiger partial charge in [0.2, 0.25) is 0 Å². The minimum atomic E-state index is -0.993. The van der Waals surface area contributed by atoms with Gasteiger partial charge in [-0.1, -0.05) is 26.2 Å². The van der Waals surface area contributed by atoms with Crippen LogP contribution in [0, 0.1) is 13.8 Å². The molecule has 0 radical (unpaired) electrons. The van der Waals surface area contributed by atoms with Gasteiger partial charge < -0.3 is 14.6 Å². The molecular formula is C27H34O5. The van der Waals surface area contributed by atoms with Crippen LogP contribution < -0.4 is 9.47 Å². The summed E-state index contributed by atoms with van der Waals surface area (Å²) >= 11 is 0. The Kier molecular flexibility index (Phi) is 9.51. The van der Waals surface area contributed by atoms with Crippen molar-refractivity contribution in [2.45, 2.75) is 66.4 Å². The van der Waals surface area contributed by atoms with Crippen molar-refractivity contribution in [1.82, 2.24) is 0 Å². The number of ether oxygens (including phenoxy) is 2. The van der Waals surface area contributed by atoms with Crippen LogP contribution in [0.15, 0.2) is 36.4 Å². The first-order chi connectivity index (χ1) is 15.2. The maximum Gasteiger partial charge on any atom is 0.336 e. The van der Waals surface area contributed by atoms with Crippen molar-refractivity contribution in [2.24, 2.45) is 0 Å². The summed E-state index contributed by atoms with van der Waals surface area (Å²) in [4.78, 5) is 24.3. The zero-order valence-electron chi connectivity index (χ0n) is 19.7. The Hall–Kier alpha value is -3.08. The van der Waals surface area contributed by atoms with Crippen molar-refractivity contribution in [3.63, 3.8) is 0 Å². The van der Waals surface area contributed by atoms with Gasteiger partial charge in [0.15, 0.2) is 5.78 Å². The third kappa shape index (κ3) is 6.98. The van der Waals surface area contributed by atoms with E-state index in [2.05, 4.69) is 6.92 Å². The molecule has 0 saturated carbocycles. The quantitative estimate of drug-likeness (QED) is 0.228. The van der Waals surface area contributed by atoms with Gasteiger partial charge in [-0.05, 0) is 82.2 Å². The molecule has 32 heavy (non-hydrogen) atoms. The smallest absolute Gasteiger partial charge is 0.336 e. The number of ketones is 1. The van der Waals surface area contributed by atoms with E-state index in [-0.39, 0.29) is 17.5 Å². The number of carboxylic acids is 1. The lowest BCUT2D eigenvalue weighted by molar-refractivity contribution is 0.0694. The van der Waals surface area contributed by atoms with Gasteiger partial charge in [-0.25, -0.2) is 4.79 Å². The van der Waals surface area contributed by atoms with Gasteiger partial charge in [0.05, 0.1) is 18.3 Å². The zero-order valence-corrected chi connectivity index (χ0v) is 19.7. The van der Waals surface area contributed by atoms with Crippen LogP contribution in [0.4, 0.5) is 0 Å². The SMILES string of the molecule is CCCCCCOc1ccc(C(=O)/C=C/c2cc(C)c(C(=O)O)c(C)c2OC(C)C)cc1. The molecule has 0 amide bonds. The molecule has 0 spiro atoms. The fraction of sp³-hybridized carbons (Fsp3) is 0.407. The molecule has 0 fully saturated rings. The highest BCUT2D eigenvalue weighted by Gasteiger charge is 2.19. The van der Waals surface area contributed by atoms with E-state index in [1.807, 2.05) is 26.0 Å². The summed E-state index contributed by atoms with van der Waals surface area (Å²) < 4.78 is 11.6. The minimum absolute atomic E-state index is 0.129. The Morgan fingerprint density at radius 3 is 2.34 bits per heavy atom. The first kappa shape index (κ1) is 25.2. The van der Waals surface area contributed by atoms with Gasteiger partial charge in [-0.15, -0.1) is 0 Å². The van der Waals surface area contributed by atoms with E-state index in [9.17, 15) is 14.7 Å². The second-order valence-electron chi connectivity index (χ2n) is 8.21. The number of benzene rings is 2. The highest BCUT2D eigenvalue weighted by atomic mass is 16.5. The lowest BCUT2D eigenvalue weighted by Gasteiger charge is -2.18. The van der Waals surface area contributed by atoms with Crippen molar-refractivity contribution in [3.05, 3.63) is 64.2 Å². The van der Waals surface area contributed by atoms with E-state index in [1.165, 1.54) is 18.9 Å². The molecule has 0 aliphatic carbocycles. The van der Waals surface area contributed by atoms with E-state index in [4.69, 9.17) is 9.47 Å². The summed E-state index contributed by atoms with van der Waals surface area (Å²) in [6, 6.07) is 8.87. The van der Waals surface area contributed by atoms with E-state index >= 15 is 0 Å². The van der Waals surface area contributed by atoms with Crippen LogP contribution in [0.2, 0.25) is 0 Å². The van der Waals surface area contributed by atoms with Crippen molar-refractivity contribution < 1.29 is 24.2 Å². The number of carbonyl (C=O) groups is 2. The zero-order chi connectivity index (χ0) is 23.7. The highest BCUT2D eigenvalue weighted by molar-refractivity contribution is 6.07. The molecule has 0 unspecified atom stereocenters. The fourth-order valence-corrected chi connectivity index (χ4v) is 3.54. The second-order valence-corrected chi connectivity index (χ2v) is 8.21. The van der Waals surface area contributed by atoms with Crippen LogP contribution in [-0.4, -0.2) is 29.6 Å². The Morgan fingerprint density at radius 2 is 1.75 bits per heavy atom. The molecular weight excluding hydrogens is 404 g/mol. The monoisotopic (exact) mass is 438 g/mol. The molecule has 172 valence electrons. The second kappa shape index (κ2) is 12.1. The summed E-state index contributed by atoms with van der Waals surface area (Å²) in [5.74, 6) is 0.101. The largest absolute Gasteiger partial charge is 0.494 e. The molecule has 5 heteroatoms. The first-order valence-electron chi connectivity index (χ1n) is 11.2.